The van der Waals surface area contributed by atoms with E-state index in [4.69, 9.17) is 28.6 Å². The van der Waals surface area contributed by atoms with E-state index in [1.807, 2.05) is 31.2 Å². The van der Waals surface area contributed by atoms with Gasteiger partial charge in [-0.3, -0.25) is 5.10 Å². The third-order valence-electron chi connectivity index (χ3n) is 4.16. The second-order valence-corrected chi connectivity index (χ2v) is 6.75. The van der Waals surface area contributed by atoms with Gasteiger partial charge < -0.3 is 4.74 Å². The standard InChI is InChI=1S/C17H16ClN5OS/c1-10-4-5-11-8-12(15(18)20-13(11)7-10)9-19-23-16(21-22-17(23)25)14-3-2-6-24-14/h4-5,7-9,14H,2-3,6H2,1H3,(H,22,25)/b19-9-/t14-/m0/s1. The summed E-state index contributed by atoms with van der Waals surface area (Å²) < 4.78 is 7.68. The minimum atomic E-state index is -0.0849. The minimum Gasteiger partial charge on any atom is -0.370 e. The average Bonchev–Trinajstić information content (AvgIpc) is 3.23. The Kier molecular flexibility index (Phi) is 4.37. The molecule has 0 amide bonds. The first kappa shape index (κ1) is 16.4. The maximum Gasteiger partial charge on any atom is 0.216 e. The Labute approximate surface area is 154 Å². The number of pyridine rings is 1. The normalized spacial score (nSPS) is 17.8. The van der Waals surface area contributed by atoms with E-state index in [1.54, 1.807) is 10.9 Å². The molecular formula is C17H16ClN5OS. The molecule has 1 aliphatic rings. The summed E-state index contributed by atoms with van der Waals surface area (Å²) in [5.74, 6) is 0.680. The van der Waals surface area contributed by atoms with Crippen LogP contribution in [0.25, 0.3) is 10.9 Å². The molecule has 0 unspecified atom stereocenters. The highest BCUT2D eigenvalue weighted by Gasteiger charge is 2.23. The first-order chi connectivity index (χ1) is 12.1. The lowest BCUT2D eigenvalue weighted by Crippen LogP contribution is -2.05. The second-order valence-electron chi connectivity index (χ2n) is 6.01. The number of nitrogens with zero attached hydrogens (tertiary/aromatic N) is 4. The van der Waals surface area contributed by atoms with Crippen LogP contribution in [-0.4, -0.2) is 32.7 Å². The molecule has 1 fully saturated rings. The number of nitrogens with one attached hydrogen (secondary N) is 1. The Morgan fingerprint density at radius 3 is 3.12 bits per heavy atom. The van der Waals surface area contributed by atoms with Crippen molar-refractivity contribution in [3.8, 4) is 0 Å². The predicted octanol–water partition coefficient (Wildman–Crippen LogP) is 4.18. The summed E-state index contributed by atoms with van der Waals surface area (Å²) in [4.78, 5) is 4.45. The fraction of sp³-hybridized carbons (Fsp3) is 0.294. The fourth-order valence-corrected chi connectivity index (χ4v) is 3.27. The van der Waals surface area contributed by atoms with Crippen LogP contribution in [0.5, 0.6) is 0 Å². The highest BCUT2D eigenvalue weighted by atomic mass is 35.5. The summed E-state index contributed by atoms with van der Waals surface area (Å²) >= 11 is 11.6. The van der Waals surface area contributed by atoms with Crippen LogP contribution in [0, 0.1) is 11.7 Å². The number of hydrogen-bond donors (Lipinski definition) is 1. The van der Waals surface area contributed by atoms with Crippen molar-refractivity contribution in [2.45, 2.75) is 25.9 Å². The van der Waals surface area contributed by atoms with E-state index >= 15 is 0 Å². The number of H-pyrrole nitrogens is 1. The Balaban J connectivity index is 1.72. The molecule has 3 heterocycles. The summed E-state index contributed by atoms with van der Waals surface area (Å²) in [6.07, 6.45) is 3.48. The van der Waals surface area contributed by atoms with Crippen molar-refractivity contribution in [1.29, 1.82) is 0 Å². The van der Waals surface area contributed by atoms with E-state index in [-0.39, 0.29) is 6.10 Å². The third-order valence-corrected chi connectivity index (χ3v) is 4.73. The predicted molar refractivity (Wildman–Crippen MR) is 99.8 cm³/mol. The number of benzene rings is 1. The number of aryl methyl sites for hydroxylation is 1. The minimum absolute atomic E-state index is 0.0849. The molecule has 0 radical (unpaired) electrons. The molecule has 2 aromatic heterocycles. The zero-order valence-corrected chi connectivity index (χ0v) is 15.1. The first-order valence-electron chi connectivity index (χ1n) is 8.02. The highest BCUT2D eigenvalue weighted by Crippen LogP contribution is 2.27. The molecule has 1 aromatic carbocycles. The zero-order valence-electron chi connectivity index (χ0n) is 13.6. The SMILES string of the molecule is Cc1ccc2cc(/C=N\n3c([C@@H]4CCCO4)n[nH]c3=S)c(Cl)nc2c1. The van der Waals surface area contributed by atoms with Gasteiger partial charge in [-0.1, -0.05) is 23.7 Å². The molecule has 1 N–H and O–H groups in total. The van der Waals surface area contributed by atoms with Crippen molar-refractivity contribution in [2.75, 3.05) is 6.61 Å². The van der Waals surface area contributed by atoms with Gasteiger partial charge in [0, 0.05) is 17.6 Å². The molecule has 0 spiro atoms. The summed E-state index contributed by atoms with van der Waals surface area (Å²) in [5.41, 5.74) is 2.73. The lowest BCUT2D eigenvalue weighted by atomic mass is 10.1. The summed E-state index contributed by atoms with van der Waals surface area (Å²) in [6, 6.07) is 8.03. The number of halogens is 1. The topological polar surface area (TPSA) is 68.1 Å². The van der Waals surface area contributed by atoms with Crippen LogP contribution in [0.2, 0.25) is 5.15 Å². The third kappa shape index (κ3) is 3.22. The van der Waals surface area contributed by atoms with E-state index in [9.17, 15) is 0 Å². The summed E-state index contributed by atoms with van der Waals surface area (Å²) in [6.45, 7) is 2.76. The lowest BCUT2D eigenvalue weighted by Gasteiger charge is -2.07. The van der Waals surface area contributed by atoms with Crippen LogP contribution >= 0.6 is 23.8 Å². The van der Waals surface area contributed by atoms with Crippen LogP contribution < -0.4 is 0 Å². The number of aromatic nitrogens is 4. The van der Waals surface area contributed by atoms with Crippen molar-refractivity contribution in [2.24, 2.45) is 5.10 Å². The van der Waals surface area contributed by atoms with Gasteiger partial charge in [-0.2, -0.15) is 14.9 Å². The highest BCUT2D eigenvalue weighted by molar-refractivity contribution is 7.71. The first-order valence-corrected chi connectivity index (χ1v) is 8.80. The molecule has 1 saturated heterocycles. The number of ether oxygens (including phenoxy) is 1. The van der Waals surface area contributed by atoms with E-state index in [2.05, 4.69) is 20.3 Å². The number of aromatic amines is 1. The molecular weight excluding hydrogens is 358 g/mol. The number of hydrogen-bond acceptors (Lipinski definition) is 5. The van der Waals surface area contributed by atoms with Crippen molar-refractivity contribution in [3.05, 3.63) is 51.1 Å². The van der Waals surface area contributed by atoms with Gasteiger partial charge in [0.1, 0.15) is 11.3 Å². The van der Waals surface area contributed by atoms with Crippen LogP contribution in [0.1, 0.15) is 35.9 Å². The quantitative estimate of drug-likeness (QED) is 0.424. The van der Waals surface area contributed by atoms with Gasteiger partial charge in [-0.25, -0.2) is 4.98 Å². The van der Waals surface area contributed by atoms with E-state index < -0.39 is 0 Å². The molecule has 3 aromatic rings. The average molecular weight is 374 g/mol. The molecule has 1 atom stereocenters. The van der Waals surface area contributed by atoms with Crippen molar-refractivity contribution in [1.82, 2.24) is 19.9 Å². The molecule has 0 saturated carbocycles. The van der Waals surface area contributed by atoms with Gasteiger partial charge in [-0.05, 0) is 49.7 Å². The van der Waals surface area contributed by atoms with Gasteiger partial charge in [0.2, 0.25) is 4.77 Å². The van der Waals surface area contributed by atoms with Gasteiger partial charge in [0.05, 0.1) is 11.7 Å². The van der Waals surface area contributed by atoms with E-state index in [0.29, 0.717) is 15.7 Å². The maximum absolute atomic E-state index is 6.32. The molecule has 6 nitrogen and oxygen atoms in total. The van der Waals surface area contributed by atoms with Crippen molar-refractivity contribution >= 4 is 40.9 Å². The van der Waals surface area contributed by atoms with E-state index in [1.165, 1.54) is 0 Å². The fourth-order valence-electron chi connectivity index (χ4n) is 2.89. The van der Waals surface area contributed by atoms with Gasteiger partial charge in [0.25, 0.3) is 0 Å². The zero-order chi connectivity index (χ0) is 17.4. The van der Waals surface area contributed by atoms with Gasteiger partial charge in [-0.15, -0.1) is 0 Å². The smallest absolute Gasteiger partial charge is 0.216 e. The van der Waals surface area contributed by atoms with Crippen LogP contribution in [0.4, 0.5) is 0 Å². The Morgan fingerprint density at radius 2 is 2.32 bits per heavy atom. The molecule has 128 valence electrons. The van der Waals surface area contributed by atoms with Gasteiger partial charge >= 0.3 is 0 Å². The van der Waals surface area contributed by atoms with Crippen LogP contribution in [0.15, 0.2) is 29.4 Å². The second kappa shape index (κ2) is 6.67. The van der Waals surface area contributed by atoms with Crippen molar-refractivity contribution < 1.29 is 4.74 Å². The molecule has 0 bridgehead atoms. The Hall–Kier alpha value is -2.09. The van der Waals surface area contributed by atoms with Crippen molar-refractivity contribution in [3.63, 3.8) is 0 Å². The van der Waals surface area contributed by atoms with Gasteiger partial charge in [0.15, 0.2) is 5.82 Å². The summed E-state index contributed by atoms with van der Waals surface area (Å²) in [7, 11) is 0. The lowest BCUT2D eigenvalue weighted by molar-refractivity contribution is 0.102. The Bertz CT molecular complexity index is 1020. The van der Waals surface area contributed by atoms with Crippen LogP contribution in [-0.2, 0) is 4.74 Å². The monoisotopic (exact) mass is 373 g/mol. The maximum atomic E-state index is 6.32. The summed E-state index contributed by atoms with van der Waals surface area (Å²) in [5, 5.41) is 12.9. The molecule has 8 heteroatoms. The van der Waals surface area contributed by atoms with Crippen LogP contribution in [0.3, 0.4) is 0 Å². The number of fused-ring (bicyclic) bond motifs is 1. The number of rotatable bonds is 3. The molecule has 25 heavy (non-hydrogen) atoms. The largest absolute Gasteiger partial charge is 0.370 e. The molecule has 1 aliphatic heterocycles. The van der Waals surface area contributed by atoms with E-state index in [0.717, 1.165) is 41.5 Å². The Morgan fingerprint density at radius 1 is 1.44 bits per heavy atom. The molecule has 4 rings (SSSR count). The molecule has 0 aliphatic carbocycles.